The average Bonchev–Trinajstić information content (AvgIpc) is 1.25. The molecule has 0 bridgehead atoms. The van der Waals surface area contributed by atoms with E-state index in [4.69, 9.17) is 0 Å². The minimum absolute atomic E-state index is 0.00168. The maximum Gasteiger partial charge on any atom is 0.224 e. The highest BCUT2D eigenvalue weighted by Crippen LogP contribution is 2.50. The molecule has 1 aliphatic heterocycles. The fourth-order valence-electron chi connectivity index (χ4n) is 12.8. The van der Waals surface area contributed by atoms with E-state index in [1.54, 1.807) is 12.1 Å². The molecule has 0 radical (unpaired) electrons. The summed E-state index contributed by atoms with van der Waals surface area (Å²) in [7, 11) is 0. The topological polar surface area (TPSA) is 162 Å². The van der Waals surface area contributed by atoms with Crippen LogP contribution >= 0.6 is 0 Å². The van der Waals surface area contributed by atoms with Gasteiger partial charge in [-0.2, -0.15) is 4.58 Å². The number of benzene rings is 5. The molecule has 4 amide bonds. The van der Waals surface area contributed by atoms with E-state index in [1.165, 1.54) is 22.3 Å². The Labute approximate surface area is 547 Å². The highest BCUT2D eigenvalue weighted by atomic mass is 16.3. The Morgan fingerprint density at radius 1 is 0.511 bits per heavy atom. The van der Waals surface area contributed by atoms with Crippen molar-refractivity contribution in [2.45, 2.75) is 209 Å². The van der Waals surface area contributed by atoms with E-state index < -0.39 is 17.6 Å². The van der Waals surface area contributed by atoms with E-state index in [2.05, 4.69) is 214 Å². The maximum absolute atomic E-state index is 15.3. The molecular formula is C80H101N6O6+. The van der Waals surface area contributed by atoms with Gasteiger partial charge in [-0.25, -0.2) is 0 Å². The summed E-state index contributed by atoms with van der Waals surface area (Å²) in [5.41, 5.74) is 12.9. The van der Waals surface area contributed by atoms with Crippen LogP contribution in [-0.4, -0.2) is 57.9 Å². The van der Waals surface area contributed by atoms with Crippen molar-refractivity contribution in [1.82, 2.24) is 25.1 Å². The van der Waals surface area contributed by atoms with Crippen molar-refractivity contribution in [1.29, 1.82) is 0 Å². The van der Waals surface area contributed by atoms with Crippen molar-refractivity contribution in [2.75, 3.05) is 18.4 Å². The van der Waals surface area contributed by atoms with Crippen molar-refractivity contribution >= 4 is 79.6 Å². The van der Waals surface area contributed by atoms with Crippen LogP contribution in [0, 0.1) is 11.8 Å². The zero-order valence-corrected chi connectivity index (χ0v) is 57.8. The lowest BCUT2D eigenvalue weighted by Crippen LogP contribution is -2.33. The summed E-state index contributed by atoms with van der Waals surface area (Å²) in [4.78, 5) is 70.6. The zero-order valence-electron chi connectivity index (χ0n) is 57.8. The molecule has 2 atom stereocenters. The second-order valence-corrected chi connectivity index (χ2v) is 30.0. The van der Waals surface area contributed by atoms with Gasteiger partial charge in [0.1, 0.15) is 5.76 Å². The van der Waals surface area contributed by atoms with E-state index in [1.807, 2.05) is 24.3 Å². The number of anilines is 1. The number of nitrogens with zero attached hydrogens (tertiary/aromatic N) is 2. The van der Waals surface area contributed by atoms with Crippen LogP contribution in [-0.2, 0) is 45.6 Å². The van der Waals surface area contributed by atoms with Gasteiger partial charge in [0.15, 0.2) is 0 Å². The molecule has 12 nitrogen and oxygen atoms in total. The molecule has 12 heteroatoms. The fraction of sp³-hybridized carbons (Fsp3) is 0.450. The number of aliphatic hydroxyl groups excluding tert-OH is 1. The SMILES string of the molecule is CCCCC(CC)CNC(=O)CCC(=O)NC1=CC(=[N+]2c3ccc(C(C)(C)C)cc3-c3cc(C(C)(C)C)ccc32)C=C/C1=C1\C(=O)C(c2ccc(-n3c4ccc(C(C)(C)C)cc4c4cc(C(C)(C)C)ccc43)cc2NC(=O)CCC(=O)NCC(CC)CCCC)=C1O. The Kier molecular flexibility index (Phi) is 20.5. The standard InChI is InChI=1S/C80H100N6O6/c1-17-21-23-49(19-3)47-81-69(87)37-39-71(89)83-63-45-55(85-65-33-25-51(77(5,6)7)41-59(65)60-42-52(78(8,9)10)26-34-66(60)85)29-31-57(63)73-75(91)74(76(73)92)58-32-30-56(46-64(58)84-72(90)40-38-70(88)82-48-50(20-4)24-22-18-2)86-67-35-27-53(79(11,12)13)43-61(67)62-44-54(80(14,15)16)28-36-68(62)86/h25-36,41-46,49-50H,17-24,37-40,47-48H2,1-16H3,(H4,81,82,83,84,87,88,89,90,91,92)/p+1. The summed E-state index contributed by atoms with van der Waals surface area (Å²) in [5.74, 6) is -1.36. The predicted octanol–water partition coefficient (Wildman–Crippen LogP) is 17.8. The molecule has 0 saturated heterocycles. The van der Waals surface area contributed by atoms with Crippen molar-refractivity contribution < 1.29 is 29.1 Å². The number of nitrogens with one attached hydrogen (secondary N) is 4. The van der Waals surface area contributed by atoms with E-state index in [-0.39, 0.29) is 87.4 Å². The number of hydrogen-bond acceptors (Lipinski definition) is 6. The van der Waals surface area contributed by atoms with E-state index in [0.717, 1.165) is 95.7 Å². The lowest BCUT2D eigenvalue weighted by molar-refractivity contribution is -0.126. The van der Waals surface area contributed by atoms with Crippen LogP contribution in [0.4, 0.5) is 17.1 Å². The maximum atomic E-state index is 15.3. The lowest BCUT2D eigenvalue weighted by atomic mass is 9.78. The second kappa shape index (κ2) is 27.6. The molecule has 2 aliphatic carbocycles. The molecule has 0 spiro atoms. The Morgan fingerprint density at radius 2 is 0.957 bits per heavy atom. The molecule has 5 N–H and O–H groups in total. The van der Waals surface area contributed by atoms with Crippen molar-refractivity contribution in [3.63, 3.8) is 0 Å². The van der Waals surface area contributed by atoms with Crippen LogP contribution in [0.15, 0.2) is 132 Å². The first-order valence-electron chi connectivity index (χ1n) is 33.9. The highest BCUT2D eigenvalue weighted by Gasteiger charge is 2.42. The van der Waals surface area contributed by atoms with E-state index in [0.29, 0.717) is 47.5 Å². The molecule has 6 aromatic rings. The van der Waals surface area contributed by atoms with Crippen LogP contribution < -0.4 is 25.8 Å². The van der Waals surface area contributed by atoms with E-state index in [9.17, 15) is 24.3 Å². The number of hydrogen-bond donors (Lipinski definition) is 5. The summed E-state index contributed by atoms with van der Waals surface area (Å²) in [6.45, 7) is 36.2. The monoisotopic (exact) mass is 1240 g/mol. The minimum Gasteiger partial charge on any atom is -0.506 e. The smallest absolute Gasteiger partial charge is 0.224 e. The summed E-state index contributed by atoms with van der Waals surface area (Å²) in [6, 6.07) is 31.9. The first-order chi connectivity index (χ1) is 43.4. The third kappa shape index (κ3) is 14.9. The van der Waals surface area contributed by atoms with Gasteiger partial charge < -0.3 is 30.9 Å². The molecular weight excluding hydrogens is 1140 g/mol. The van der Waals surface area contributed by atoms with Crippen molar-refractivity contribution in [3.05, 3.63) is 160 Å². The molecule has 9 rings (SSSR count). The van der Waals surface area contributed by atoms with Crippen LogP contribution in [0.3, 0.4) is 0 Å². The fourth-order valence-corrected chi connectivity index (χ4v) is 12.8. The molecule has 2 heterocycles. The molecule has 0 saturated carbocycles. The van der Waals surface area contributed by atoms with Gasteiger partial charge >= 0.3 is 0 Å². The van der Waals surface area contributed by atoms with Gasteiger partial charge in [-0.1, -0.05) is 174 Å². The number of fused-ring (bicyclic) bond motifs is 6. The normalized spacial score (nSPS) is 15.7. The molecule has 2 unspecified atom stereocenters. The Bertz CT molecular complexity index is 3900. The highest BCUT2D eigenvalue weighted by molar-refractivity contribution is 6.40. The van der Waals surface area contributed by atoms with E-state index >= 15 is 4.79 Å². The number of carbonyl (C=O) groups is 5. The number of Topliss-reactive ketones (excluding diaryl/α,β-unsaturated/α-hetero) is 1. The summed E-state index contributed by atoms with van der Waals surface area (Å²) < 4.78 is 4.35. The van der Waals surface area contributed by atoms with Gasteiger partial charge in [0.25, 0.3) is 0 Å². The molecule has 1 aromatic heterocycles. The molecule has 486 valence electrons. The summed E-state index contributed by atoms with van der Waals surface area (Å²) >= 11 is 0. The second-order valence-electron chi connectivity index (χ2n) is 30.0. The number of allylic oxidation sites excluding steroid dienone is 5. The molecule has 3 aliphatic rings. The van der Waals surface area contributed by atoms with Crippen LogP contribution in [0.1, 0.15) is 216 Å². The largest absolute Gasteiger partial charge is 0.506 e. The lowest BCUT2D eigenvalue weighted by Gasteiger charge is -2.27. The number of carbonyl (C=O) groups excluding carboxylic acids is 5. The van der Waals surface area contributed by atoms with Gasteiger partial charge in [0.2, 0.25) is 46.5 Å². The predicted molar refractivity (Wildman–Crippen MR) is 381 cm³/mol. The van der Waals surface area contributed by atoms with Gasteiger partial charge in [-0.3, -0.25) is 24.0 Å². The molecule has 0 fully saturated rings. The number of rotatable bonds is 22. The van der Waals surface area contributed by atoms with Gasteiger partial charge in [-0.05, 0) is 129 Å². The quantitative estimate of drug-likeness (QED) is 0.0335. The third-order valence-corrected chi connectivity index (χ3v) is 19.0. The summed E-state index contributed by atoms with van der Waals surface area (Å²) in [5, 5.41) is 27.1. The van der Waals surface area contributed by atoms with Crippen molar-refractivity contribution in [3.8, 4) is 16.8 Å². The number of aliphatic hydroxyl groups is 1. The number of amides is 4. The third-order valence-electron chi connectivity index (χ3n) is 19.0. The van der Waals surface area contributed by atoms with Crippen LogP contribution in [0.25, 0.3) is 44.2 Å². The number of ketones is 1. The molecule has 5 aromatic carbocycles. The van der Waals surface area contributed by atoms with Gasteiger partial charge in [-0.15, -0.1) is 0 Å². The first kappa shape index (κ1) is 68.3. The first-order valence-corrected chi connectivity index (χ1v) is 33.9. The Balaban J connectivity index is 1.15. The van der Waals surface area contributed by atoms with Gasteiger partial charge in [0.05, 0.1) is 44.7 Å². The Morgan fingerprint density at radius 3 is 1.40 bits per heavy atom. The summed E-state index contributed by atoms with van der Waals surface area (Å²) in [6.07, 6.45) is 13.5. The minimum atomic E-state index is -0.488. The van der Waals surface area contributed by atoms with Crippen LogP contribution in [0.2, 0.25) is 0 Å². The van der Waals surface area contributed by atoms with Crippen LogP contribution in [0.5, 0.6) is 0 Å². The Hall–Kier alpha value is -8.12. The average molecular weight is 1240 g/mol. The number of aromatic nitrogens is 1. The number of unbranched alkanes of at least 4 members (excludes halogenated alkanes) is 2. The molecule has 92 heavy (non-hydrogen) atoms. The van der Waals surface area contributed by atoms with Gasteiger partial charge in [0, 0.05) is 90.7 Å². The van der Waals surface area contributed by atoms with Crippen molar-refractivity contribution in [2.24, 2.45) is 11.8 Å². The zero-order chi connectivity index (χ0) is 66.8.